The van der Waals surface area contributed by atoms with Gasteiger partial charge in [0, 0.05) is 6.07 Å². The first-order chi connectivity index (χ1) is 16.7. The lowest BCUT2D eigenvalue weighted by Gasteiger charge is -2.17. The molecular formula is C31H56O3. The van der Waals surface area contributed by atoms with Crippen molar-refractivity contribution in [2.75, 3.05) is 19.8 Å². The third-order valence-electron chi connectivity index (χ3n) is 6.51. The van der Waals surface area contributed by atoms with Crippen LogP contribution in [0.4, 0.5) is 0 Å². The second-order valence-electron chi connectivity index (χ2n) is 9.91. The minimum atomic E-state index is 0.749. The van der Waals surface area contributed by atoms with Crippen LogP contribution >= 0.6 is 0 Å². The summed E-state index contributed by atoms with van der Waals surface area (Å²) in [6, 6.07) is 4.18. The van der Waals surface area contributed by atoms with Gasteiger partial charge >= 0.3 is 0 Å². The van der Waals surface area contributed by atoms with Crippen molar-refractivity contribution in [3.8, 4) is 17.2 Å². The van der Waals surface area contributed by atoms with Crippen molar-refractivity contribution in [1.29, 1.82) is 0 Å². The molecule has 0 saturated carbocycles. The van der Waals surface area contributed by atoms with Crippen LogP contribution in [0.2, 0.25) is 0 Å². The molecule has 0 aliphatic carbocycles. The van der Waals surface area contributed by atoms with E-state index in [9.17, 15) is 0 Å². The monoisotopic (exact) mass is 476 g/mol. The number of rotatable bonds is 24. The number of aryl methyl sites for hydroxylation is 1. The Bertz CT molecular complexity index is 584. The van der Waals surface area contributed by atoms with Crippen LogP contribution in [0.5, 0.6) is 17.2 Å². The van der Waals surface area contributed by atoms with Gasteiger partial charge in [0.2, 0.25) is 0 Å². The van der Waals surface area contributed by atoms with Crippen molar-refractivity contribution in [3.63, 3.8) is 0 Å². The SMILES string of the molecule is CCCCCCCCOc1cc(OCCCCCCCC)c(OCCCCCCCC)cc1C. The van der Waals surface area contributed by atoms with E-state index in [1.165, 1.54) is 96.3 Å². The van der Waals surface area contributed by atoms with Crippen molar-refractivity contribution in [2.45, 2.75) is 143 Å². The molecule has 1 rings (SSSR count). The molecule has 0 aliphatic heterocycles. The molecule has 0 saturated heterocycles. The smallest absolute Gasteiger partial charge is 0.164 e. The molecule has 3 nitrogen and oxygen atoms in total. The van der Waals surface area contributed by atoms with Crippen LogP contribution < -0.4 is 14.2 Å². The van der Waals surface area contributed by atoms with E-state index >= 15 is 0 Å². The van der Waals surface area contributed by atoms with Gasteiger partial charge in [-0.25, -0.2) is 0 Å². The Morgan fingerprint density at radius 3 is 1.15 bits per heavy atom. The van der Waals surface area contributed by atoms with Crippen LogP contribution in [0.3, 0.4) is 0 Å². The predicted octanol–water partition coefficient (Wildman–Crippen LogP) is 10.2. The molecule has 0 aromatic heterocycles. The third kappa shape index (κ3) is 15.5. The average Bonchev–Trinajstić information content (AvgIpc) is 2.84. The van der Waals surface area contributed by atoms with Crippen molar-refractivity contribution in [2.24, 2.45) is 0 Å². The Morgan fingerprint density at radius 1 is 0.412 bits per heavy atom. The van der Waals surface area contributed by atoms with Crippen molar-refractivity contribution in [3.05, 3.63) is 17.7 Å². The van der Waals surface area contributed by atoms with Crippen molar-refractivity contribution in [1.82, 2.24) is 0 Å². The van der Waals surface area contributed by atoms with E-state index in [-0.39, 0.29) is 0 Å². The average molecular weight is 477 g/mol. The van der Waals surface area contributed by atoms with Crippen LogP contribution in [-0.4, -0.2) is 19.8 Å². The van der Waals surface area contributed by atoms with E-state index in [4.69, 9.17) is 14.2 Å². The summed E-state index contributed by atoms with van der Waals surface area (Å²) in [5.41, 5.74) is 1.14. The van der Waals surface area contributed by atoms with Crippen LogP contribution in [0, 0.1) is 6.92 Å². The Kier molecular flexibility index (Phi) is 19.9. The Balaban J connectivity index is 2.55. The number of ether oxygens (including phenoxy) is 3. The highest BCUT2D eigenvalue weighted by molar-refractivity contribution is 5.50. The molecule has 1 aromatic carbocycles. The van der Waals surface area contributed by atoms with Gasteiger partial charge in [0.25, 0.3) is 0 Å². The van der Waals surface area contributed by atoms with Crippen LogP contribution in [0.15, 0.2) is 12.1 Å². The summed E-state index contributed by atoms with van der Waals surface area (Å²) in [6.45, 7) is 11.2. The summed E-state index contributed by atoms with van der Waals surface area (Å²) >= 11 is 0. The Labute approximate surface area is 212 Å². The minimum absolute atomic E-state index is 0.749. The van der Waals surface area contributed by atoms with E-state index in [1.54, 1.807) is 0 Å². The maximum absolute atomic E-state index is 6.22. The maximum atomic E-state index is 6.22. The zero-order valence-corrected chi connectivity index (χ0v) is 23.2. The fraction of sp³-hybridized carbons (Fsp3) is 0.806. The summed E-state index contributed by atoms with van der Waals surface area (Å²) < 4.78 is 18.6. The van der Waals surface area contributed by atoms with Crippen LogP contribution in [0.25, 0.3) is 0 Å². The molecule has 0 fully saturated rings. The number of hydrogen-bond acceptors (Lipinski definition) is 3. The quantitative estimate of drug-likeness (QED) is 0.139. The van der Waals surface area contributed by atoms with E-state index in [1.807, 2.05) is 0 Å². The Morgan fingerprint density at radius 2 is 0.735 bits per heavy atom. The summed E-state index contributed by atoms with van der Waals surface area (Å²) in [5.74, 6) is 2.67. The first-order valence-corrected chi connectivity index (χ1v) is 14.8. The summed E-state index contributed by atoms with van der Waals surface area (Å²) in [6.07, 6.45) is 22.9. The lowest BCUT2D eigenvalue weighted by molar-refractivity contribution is 0.253. The highest BCUT2D eigenvalue weighted by Crippen LogP contribution is 2.35. The molecule has 0 aliphatic rings. The molecule has 0 atom stereocenters. The minimum Gasteiger partial charge on any atom is -0.493 e. The molecule has 198 valence electrons. The lowest BCUT2D eigenvalue weighted by Crippen LogP contribution is -2.05. The second kappa shape index (κ2) is 22.1. The number of hydrogen-bond donors (Lipinski definition) is 0. The molecule has 0 spiro atoms. The third-order valence-corrected chi connectivity index (χ3v) is 6.51. The van der Waals surface area contributed by atoms with Crippen LogP contribution in [-0.2, 0) is 0 Å². The molecule has 3 heteroatoms. The summed E-state index contributed by atoms with van der Waals surface area (Å²) in [4.78, 5) is 0. The fourth-order valence-corrected chi connectivity index (χ4v) is 4.22. The van der Waals surface area contributed by atoms with Crippen LogP contribution in [0.1, 0.15) is 142 Å². The van der Waals surface area contributed by atoms with Gasteiger partial charge in [-0.3, -0.25) is 0 Å². The van der Waals surface area contributed by atoms with E-state index in [0.717, 1.165) is 61.9 Å². The maximum Gasteiger partial charge on any atom is 0.164 e. The zero-order chi connectivity index (χ0) is 24.7. The van der Waals surface area contributed by atoms with Gasteiger partial charge in [-0.2, -0.15) is 0 Å². The first-order valence-electron chi connectivity index (χ1n) is 14.8. The summed E-state index contributed by atoms with van der Waals surface area (Å²) in [5, 5.41) is 0. The van der Waals surface area contributed by atoms with Gasteiger partial charge in [-0.15, -0.1) is 0 Å². The Hall–Kier alpha value is -1.38. The molecule has 34 heavy (non-hydrogen) atoms. The topological polar surface area (TPSA) is 27.7 Å². The van der Waals surface area contributed by atoms with Gasteiger partial charge in [0.05, 0.1) is 19.8 Å². The molecule has 0 radical (unpaired) electrons. The number of benzene rings is 1. The predicted molar refractivity (Wildman–Crippen MR) is 148 cm³/mol. The highest BCUT2D eigenvalue weighted by Gasteiger charge is 2.12. The fourth-order valence-electron chi connectivity index (χ4n) is 4.22. The van der Waals surface area contributed by atoms with Gasteiger partial charge < -0.3 is 14.2 Å². The second-order valence-corrected chi connectivity index (χ2v) is 9.91. The normalized spacial score (nSPS) is 11.1. The van der Waals surface area contributed by atoms with Gasteiger partial charge in [0.1, 0.15) is 5.75 Å². The number of unbranched alkanes of at least 4 members (excludes halogenated alkanes) is 15. The molecule has 0 heterocycles. The molecule has 0 N–H and O–H groups in total. The lowest BCUT2D eigenvalue weighted by atomic mass is 10.1. The van der Waals surface area contributed by atoms with Crippen molar-refractivity contribution >= 4 is 0 Å². The highest BCUT2D eigenvalue weighted by atomic mass is 16.5. The van der Waals surface area contributed by atoms with Gasteiger partial charge in [-0.1, -0.05) is 117 Å². The van der Waals surface area contributed by atoms with E-state index in [2.05, 4.69) is 39.8 Å². The molecule has 1 aromatic rings. The van der Waals surface area contributed by atoms with Gasteiger partial charge in [-0.05, 0) is 37.8 Å². The zero-order valence-electron chi connectivity index (χ0n) is 23.2. The van der Waals surface area contributed by atoms with E-state index in [0.29, 0.717) is 0 Å². The van der Waals surface area contributed by atoms with Crippen molar-refractivity contribution < 1.29 is 14.2 Å². The standard InChI is InChI=1S/C31H56O3/c1-5-8-11-14-17-20-23-32-29-27-31(34-25-22-19-16-13-10-7-3)30(26-28(29)4)33-24-21-18-15-12-9-6-2/h26-27H,5-25H2,1-4H3. The summed E-state index contributed by atoms with van der Waals surface area (Å²) in [7, 11) is 0. The molecule has 0 bridgehead atoms. The first kappa shape index (κ1) is 30.7. The molecule has 0 unspecified atom stereocenters. The molecule has 0 amide bonds. The largest absolute Gasteiger partial charge is 0.493 e. The molecular weight excluding hydrogens is 420 g/mol. The van der Waals surface area contributed by atoms with Gasteiger partial charge in [0.15, 0.2) is 11.5 Å². The van der Waals surface area contributed by atoms with E-state index < -0.39 is 0 Å².